The lowest BCUT2D eigenvalue weighted by Crippen LogP contribution is -1.94. The maximum absolute atomic E-state index is 6.07. The Balaban J connectivity index is 2.06. The molecule has 0 radical (unpaired) electrons. The molecule has 0 saturated carbocycles. The van der Waals surface area contributed by atoms with Crippen LogP contribution in [-0.4, -0.2) is 17.1 Å². The van der Waals surface area contributed by atoms with E-state index in [2.05, 4.69) is 25.9 Å². The van der Waals surface area contributed by atoms with E-state index in [-0.39, 0.29) is 0 Å². The van der Waals surface area contributed by atoms with Crippen molar-refractivity contribution in [2.24, 2.45) is 0 Å². The minimum Gasteiger partial charge on any atom is -0.495 e. The molecule has 2 aromatic rings. The zero-order valence-electron chi connectivity index (χ0n) is 9.84. The zero-order chi connectivity index (χ0) is 13.1. The normalized spacial score (nSPS) is 10.6. The Morgan fingerprint density at radius 2 is 2.22 bits per heavy atom. The van der Waals surface area contributed by atoms with E-state index in [9.17, 15) is 0 Å². The molecule has 1 aromatic carbocycles. The Hall–Kier alpha value is -1.20. The number of methoxy groups -OCH3 is 1. The number of nitrogen functional groups attached to an aromatic ring is 1. The van der Waals surface area contributed by atoms with Gasteiger partial charge in [0.1, 0.15) is 10.4 Å². The van der Waals surface area contributed by atoms with E-state index in [1.54, 1.807) is 7.11 Å². The van der Waals surface area contributed by atoms with Gasteiger partial charge in [-0.3, -0.25) is 0 Å². The summed E-state index contributed by atoms with van der Waals surface area (Å²) < 4.78 is 5.88. The molecule has 1 heterocycles. The van der Waals surface area contributed by atoms with Crippen molar-refractivity contribution < 1.29 is 4.74 Å². The molecular weight excluding hydrogens is 318 g/mol. The predicted molar refractivity (Wildman–Crippen MR) is 76.1 cm³/mol. The maximum Gasteiger partial charge on any atom is 0.198 e. The van der Waals surface area contributed by atoms with E-state index < -0.39 is 0 Å². The minimum absolute atomic E-state index is 0.421. The highest BCUT2D eigenvalue weighted by atomic mass is 79.9. The van der Waals surface area contributed by atoms with Gasteiger partial charge in [0.05, 0.1) is 17.8 Å². The summed E-state index contributed by atoms with van der Waals surface area (Å²) in [6.07, 6.45) is 1.66. The molecule has 18 heavy (non-hydrogen) atoms. The van der Waals surface area contributed by atoms with E-state index in [0.717, 1.165) is 28.7 Å². The third kappa shape index (κ3) is 2.97. The van der Waals surface area contributed by atoms with Gasteiger partial charge < -0.3 is 15.5 Å². The highest BCUT2D eigenvalue weighted by Crippen LogP contribution is 2.26. The Morgan fingerprint density at radius 3 is 2.78 bits per heavy atom. The van der Waals surface area contributed by atoms with Gasteiger partial charge in [0.25, 0.3) is 0 Å². The average molecular weight is 331 g/mol. The van der Waals surface area contributed by atoms with Gasteiger partial charge in [-0.05, 0) is 46.5 Å². The number of rotatable bonds is 4. The molecule has 1 aromatic heterocycles. The molecule has 0 aliphatic heterocycles. The Bertz CT molecular complexity index is 556. The van der Waals surface area contributed by atoms with Gasteiger partial charge in [0, 0.05) is 0 Å². The molecule has 0 spiro atoms. The van der Waals surface area contributed by atoms with Crippen LogP contribution in [-0.2, 0) is 12.8 Å². The van der Waals surface area contributed by atoms with Crippen LogP contribution >= 0.6 is 27.5 Å². The second-order valence-electron chi connectivity index (χ2n) is 3.86. The zero-order valence-corrected chi connectivity index (χ0v) is 12.2. The molecule has 0 saturated heterocycles. The van der Waals surface area contributed by atoms with Crippen LogP contribution in [0.4, 0.5) is 5.95 Å². The number of nitrogens with zero attached hydrogens (tertiary/aromatic N) is 1. The van der Waals surface area contributed by atoms with Crippen molar-refractivity contribution >= 4 is 33.5 Å². The van der Waals surface area contributed by atoms with Crippen LogP contribution in [0.2, 0.25) is 5.02 Å². The maximum atomic E-state index is 6.07. The molecule has 0 fully saturated rings. The second-order valence-corrected chi connectivity index (χ2v) is 5.02. The first-order chi connectivity index (χ1) is 8.60. The van der Waals surface area contributed by atoms with Gasteiger partial charge in [-0.15, -0.1) is 0 Å². The monoisotopic (exact) mass is 329 g/mol. The predicted octanol–water partition coefficient (Wildman–Crippen LogP) is 3.20. The van der Waals surface area contributed by atoms with Crippen molar-refractivity contribution in [2.45, 2.75) is 12.8 Å². The topological polar surface area (TPSA) is 63.9 Å². The lowest BCUT2D eigenvalue weighted by molar-refractivity contribution is 0.415. The molecule has 96 valence electrons. The number of nitrogens with one attached hydrogen (secondary N) is 1. The summed E-state index contributed by atoms with van der Waals surface area (Å²) in [6, 6.07) is 5.78. The Morgan fingerprint density at radius 1 is 1.44 bits per heavy atom. The van der Waals surface area contributed by atoms with Crippen molar-refractivity contribution in [2.75, 3.05) is 12.8 Å². The molecule has 3 N–H and O–H groups in total. The van der Waals surface area contributed by atoms with Crippen molar-refractivity contribution in [3.8, 4) is 5.75 Å². The molecule has 6 heteroatoms. The smallest absolute Gasteiger partial charge is 0.198 e. The molecule has 0 atom stereocenters. The number of hydrogen-bond donors (Lipinski definition) is 2. The molecule has 2 rings (SSSR count). The molecule has 0 aliphatic carbocycles. The summed E-state index contributed by atoms with van der Waals surface area (Å²) in [7, 11) is 1.60. The van der Waals surface area contributed by atoms with E-state index in [1.807, 2.05) is 18.2 Å². The highest BCUT2D eigenvalue weighted by molar-refractivity contribution is 9.10. The average Bonchev–Trinajstić information content (AvgIpc) is 2.65. The molecule has 0 amide bonds. The third-order valence-electron chi connectivity index (χ3n) is 2.63. The molecule has 0 aliphatic rings. The quantitative estimate of drug-likeness (QED) is 0.905. The minimum atomic E-state index is 0.421. The van der Waals surface area contributed by atoms with Gasteiger partial charge >= 0.3 is 0 Å². The van der Waals surface area contributed by atoms with Gasteiger partial charge in [-0.2, -0.15) is 0 Å². The fourth-order valence-corrected chi connectivity index (χ4v) is 2.48. The highest BCUT2D eigenvalue weighted by Gasteiger charge is 2.07. The van der Waals surface area contributed by atoms with Gasteiger partial charge in [0.15, 0.2) is 5.95 Å². The van der Waals surface area contributed by atoms with Crippen LogP contribution in [0.25, 0.3) is 0 Å². The molecule has 4 nitrogen and oxygen atoms in total. The van der Waals surface area contributed by atoms with Crippen LogP contribution in [0.3, 0.4) is 0 Å². The first-order valence-electron chi connectivity index (χ1n) is 5.42. The van der Waals surface area contributed by atoms with Gasteiger partial charge in [-0.1, -0.05) is 17.7 Å². The van der Waals surface area contributed by atoms with Crippen molar-refractivity contribution in [1.29, 1.82) is 0 Å². The van der Waals surface area contributed by atoms with Crippen LogP contribution in [0.5, 0.6) is 5.75 Å². The molecule has 0 bridgehead atoms. The summed E-state index contributed by atoms with van der Waals surface area (Å²) in [6.45, 7) is 0. The van der Waals surface area contributed by atoms with E-state index in [0.29, 0.717) is 16.7 Å². The number of anilines is 1. The van der Waals surface area contributed by atoms with Crippen molar-refractivity contribution in [1.82, 2.24) is 9.97 Å². The number of halogens is 2. The van der Waals surface area contributed by atoms with Gasteiger partial charge in [-0.25, -0.2) is 4.98 Å². The molecule has 0 unspecified atom stereocenters. The number of aromatic amines is 1. The number of ether oxygens (including phenoxy) is 1. The lowest BCUT2D eigenvalue weighted by Gasteiger charge is -2.05. The number of H-pyrrole nitrogens is 1. The SMILES string of the molecule is COc1ccc(CCc2[nH]c(N)nc2Br)cc1Cl. The van der Waals surface area contributed by atoms with E-state index >= 15 is 0 Å². The number of hydrogen-bond acceptors (Lipinski definition) is 3. The summed E-state index contributed by atoms with van der Waals surface area (Å²) in [5.41, 5.74) is 7.70. The third-order valence-corrected chi connectivity index (χ3v) is 3.58. The summed E-state index contributed by atoms with van der Waals surface area (Å²) in [5.74, 6) is 1.11. The second kappa shape index (κ2) is 5.63. The number of aryl methyl sites for hydroxylation is 2. The van der Waals surface area contributed by atoms with Crippen molar-refractivity contribution in [3.05, 3.63) is 39.1 Å². The van der Waals surface area contributed by atoms with Crippen LogP contribution < -0.4 is 10.5 Å². The summed E-state index contributed by atoms with van der Waals surface area (Å²) in [5, 5.41) is 0.623. The number of benzene rings is 1. The van der Waals surface area contributed by atoms with Gasteiger partial charge in [0.2, 0.25) is 0 Å². The number of nitrogens with two attached hydrogens (primary N) is 1. The first-order valence-corrected chi connectivity index (χ1v) is 6.59. The van der Waals surface area contributed by atoms with Crippen LogP contribution in [0.15, 0.2) is 22.8 Å². The number of imidazole rings is 1. The number of aromatic nitrogens is 2. The Labute approximate surface area is 119 Å². The van der Waals surface area contributed by atoms with E-state index in [4.69, 9.17) is 22.1 Å². The fraction of sp³-hybridized carbons (Fsp3) is 0.250. The lowest BCUT2D eigenvalue weighted by atomic mass is 10.1. The standard InChI is InChI=1S/C12H13BrClN3O/c1-18-10-5-3-7(6-8(10)14)2-4-9-11(13)17-12(15)16-9/h3,5-6H,2,4H2,1H3,(H3,15,16,17). The fourth-order valence-electron chi connectivity index (χ4n) is 1.71. The summed E-state index contributed by atoms with van der Waals surface area (Å²) in [4.78, 5) is 7.07. The summed E-state index contributed by atoms with van der Waals surface area (Å²) >= 11 is 9.43. The Kier molecular flexibility index (Phi) is 4.14. The van der Waals surface area contributed by atoms with Crippen molar-refractivity contribution in [3.63, 3.8) is 0 Å². The first kappa shape index (κ1) is 13.2. The van der Waals surface area contributed by atoms with Crippen LogP contribution in [0, 0.1) is 0 Å². The van der Waals surface area contributed by atoms with Crippen LogP contribution in [0.1, 0.15) is 11.3 Å². The largest absolute Gasteiger partial charge is 0.495 e. The molecular formula is C12H13BrClN3O. The van der Waals surface area contributed by atoms with E-state index in [1.165, 1.54) is 0 Å².